The Morgan fingerprint density at radius 2 is 0.891 bits per heavy atom. The van der Waals surface area contributed by atoms with Crippen molar-refractivity contribution in [3.63, 3.8) is 0 Å². The lowest BCUT2D eigenvalue weighted by Crippen LogP contribution is -1.98. The van der Waals surface area contributed by atoms with Crippen LogP contribution in [0.15, 0.2) is 170 Å². The van der Waals surface area contributed by atoms with E-state index in [2.05, 4.69) is 164 Å². The third kappa shape index (κ3) is 4.51. The van der Waals surface area contributed by atoms with Gasteiger partial charge < -0.3 is 0 Å². The Kier molecular flexibility index (Phi) is 6.17. The van der Waals surface area contributed by atoms with Crippen LogP contribution < -0.4 is 0 Å². The topological polar surface area (TPSA) is 25.8 Å². The molecule has 46 heavy (non-hydrogen) atoms. The minimum atomic E-state index is 0.726. The molecule has 0 bridgehead atoms. The third-order valence-corrected chi connectivity index (χ3v) is 9.03. The number of benzene rings is 8. The maximum absolute atomic E-state index is 5.35. The molecule has 1 aromatic heterocycles. The summed E-state index contributed by atoms with van der Waals surface area (Å²) in [5.74, 6) is 0.726. The summed E-state index contributed by atoms with van der Waals surface area (Å²) in [7, 11) is 0. The number of hydrogen-bond acceptors (Lipinski definition) is 2. The van der Waals surface area contributed by atoms with Gasteiger partial charge >= 0.3 is 0 Å². The quantitative estimate of drug-likeness (QED) is 0.152. The van der Waals surface area contributed by atoms with E-state index in [-0.39, 0.29) is 0 Å². The Morgan fingerprint density at radius 1 is 0.283 bits per heavy atom. The van der Waals surface area contributed by atoms with Gasteiger partial charge in [-0.1, -0.05) is 146 Å². The molecule has 0 aliphatic carbocycles. The number of rotatable bonds is 4. The summed E-state index contributed by atoms with van der Waals surface area (Å²) in [6.07, 6.45) is 0. The predicted molar refractivity (Wildman–Crippen MR) is 194 cm³/mol. The second-order valence-corrected chi connectivity index (χ2v) is 11.8. The third-order valence-electron chi connectivity index (χ3n) is 9.03. The summed E-state index contributed by atoms with van der Waals surface area (Å²) in [5, 5.41) is 9.61. The lowest BCUT2D eigenvalue weighted by Gasteiger charge is -2.15. The maximum Gasteiger partial charge on any atom is 0.161 e. The molecule has 0 spiro atoms. The van der Waals surface area contributed by atoms with Crippen LogP contribution in [0.4, 0.5) is 0 Å². The number of hydrogen-bond donors (Lipinski definition) is 0. The molecule has 214 valence electrons. The first kappa shape index (κ1) is 26.3. The van der Waals surface area contributed by atoms with Gasteiger partial charge in [-0.25, -0.2) is 9.97 Å². The molecule has 0 fully saturated rings. The zero-order valence-corrected chi connectivity index (χ0v) is 25.1. The second-order valence-electron chi connectivity index (χ2n) is 11.8. The average molecular weight is 585 g/mol. The van der Waals surface area contributed by atoms with E-state index in [1.807, 2.05) is 6.07 Å². The number of aromatic nitrogens is 2. The molecule has 1 heterocycles. The molecule has 0 aliphatic heterocycles. The Labute approximate surface area is 267 Å². The number of nitrogens with zero attached hydrogens (tertiary/aromatic N) is 2. The van der Waals surface area contributed by atoms with Gasteiger partial charge in [0.05, 0.1) is 11.4 Å². The molecule has 0 aliphatic rings. The van der Waals surface area contributed by atoms with Crippen LogP contribution in [0.2, 0.25) is 0 Å². The lowest BCUT2D eigenvalue weighted by molar-refractivity contribution is 1.19. The second kappa shape index (κ2) is 10.8. The van der Waals surface area contributed by atoms with Crippen LogP contribution in [-0.2, 0) is 0 Å². The van der Waals surface area contributed by atoms with Crippen molar-refractivity contribution >= 4 is 43.1 Å². The highest BCUT2D eigenvalue weighted by molar-refractivity contribution is 6.19. The fraction of sp³-hybridized carbons (Fsp3) is 0. The minimum Gasteiger partial charge on any atom is -0.228 e. The maximum atomic E-state index is 5.35. The van der Waals surface area contributed by atoms with Crippen molar-refractivity contribution in [2.75, 3.05) is 0 Å². The van der Waals surface area contributed by atoms with E-state index in [4.69, 9.17) is 9.97 Å². The van der Waals surface area contributed by atoms with Gasteiger partial charge in [0.1, 0.15) is 0 Å². The van der Waals surface area contributed by atoms with Gasteiger partial charge in [-0.05, 0) is 78.5 Å². The molecule has 8 aromatic carbocycles. The van der Waals surface area contributed by atoms with Crippen molar-refractivity contribution in [3.05, 3.63) is 170 Å². The summed E-state index contributed by atoms with van der Waals surface area (Å²) in [5.41, 5.74) is 7.32. The average Bonchev–Trinajstić information content (AvgIpc) is 3.14. The van der Waals surface area contributed by atoms with Gasteiger partial charge in [0.25, 0.3) is 0 Å². The summed E-state index contributed by atoms with van der Waals surface area (Å²) in [4.78, 5) is 10.6. The first-order valence-corrected chi connectivity index (χ1v) is 15.7. The Balaban J connectivity index is 1.30. The lowest BCUT2D eigenvalue weighted by atomic mass is 9.92. The molecule has 2 heteroatoms. The van der Waals surface area contributed by atoms with Gasteiger partial charge in [-0.3, -0.25) is 0 Å². The van der Waals surface area contributed by atoms with Crippen LogP contribution in [0.3, 0.4) is 0 Å². The first-order chi connectivity index (χ1) is 22.8. The Hall–Kier alpha value is -6.12. The molecule has 0 unspecified atom stereocenters. The molecule has 9 rings (SSSR count). The highest BCUT2D eigenvalue weighted by Gasteiger charge is 2.17. The molecule has 0 radical (unpaired) electrons. The molecular weight excluding hydrogens is 556 g/mol. The largest absolute Gasteiger partial charge is 0.228 e. The molecule has 0 amide bonds. The molecule has 0 saturated heterocycles. The highest BCUT2D eigenvalue weighted by atomic mass is 14.9. The number of fused-ring (bicyclic) bond motifs is 5. The first-order valence-electron chi connectivity index (χ1n) is 15.7. The summed E-state index contributed by atoms with van der Waals surface area (Å²) < 4.78 is 0. The van der Waals surface area contributed by atoms with Crippen molar-refractivity contribution in [1.29, 1.82) is 0 Å². The fourth-order valence-corrected chi connectivity index (χ4v) is 6.75. The van der Waals surface area contributed by atoms with E-state index >= 15 is 0 Å². The zero-order chi connectivity index (χ0) is 30.5. The van der Waals surface area contributed by atoms with Crippen LogP contribution in [0.25, 0.3) is 88.1 Å². The van der Waals surface area contributed by atoms with E-state index in [0.717, 1.165) is 50.2 Å². The van der Waals surface area contributed by atoms with Gasteiger partial charge in [-0.2, -0.15) is 0 Å². The smallest absolute Gasteiger partial charge is 0.161 e. The van der Waals surface area contributed by atoms with Crippen LogP contribution in [0, 0.1) is 0 Å². The SMILES string of the molecule is c1ccc(-c2cc(-c3cccc(-c4ccc5ccccc5c4)c3)nc(-c3c4ccccc4cc4c3ccc3ccccc34)n2)cc1. The molecule has 0 saturated carbocycles. The van der Waals surface area contributed by atoms with Crippen molar-refractivity contribution in [1.82, 2.24) is 9.97 Å². The van der Waals surface area contributed by atoms with Gasteiger partial charge in [0.15, 0.2) is 5.82 Å². The van der Waals surface area contributed by atoms with Crippen molar-refractivity contribution in [2.24, 2.45) is 0 Å². The van der Waals surface area contributed by atoms with Gasteiger partial charge in [0.2, 0.25) is 0 Å². The normalized spacial score (nSPS) is 11.5. The van der Waals surface area contributed by atoms with Crippen LogP contribution in [-0.4, -0.2) is 9.97 Å². The summed E-state index contributed by atoms with van der Waals surface area (Å²) in [6.45, 7) is 0. The monoisotopic (exact) mass is 584 g/mol. The summed E-state index contributed by atoms with van der Waals surface area (Å²) in [6, 6.07) is 60.4. The Bertz CT molecular complexity index is 2580. The zero-order valence-electron chi connectivity index (χ0n) is 25.1. The standard InChI is InChI=1S/C44H28N2/c1-2-13-31(14-3-1)41-28-42(36-18-10-17-33(26-36)34-22-21-29-11-4-5-15-32(29)25-34)46-44(45-41)43-38-20-9-7-16-35(38)27-40-37-19-8-6-12-30(37)23-24-39(40)43/h1-28H. The minimum absolute atomic E-state index is 0.726. The molecular formula is C44H28N2. The Morgan fingerprint density at radius 3 is 1.74 bits per heavy atom. The summed E-state index contributed by atoms with van der Waals surface area (Å²) >= 11 is 0. The van der Waals surface area contributed by atoms with Gasteiger partial charge in [-0.15, -0.1) is 0 Å². The predicted octanol–water partition coefficient (Wildman–Crippen LogP) is 11.8. The van der Waals surface area contributed by atoms with Crippen LogP contribution in [0.5, 0.6) is 0 Å². The van der Waals surface area contributed by atoms with Crippen LogP contribution in [0.1, 0.15) is 0 Å². The van der Waals surface area contributed by atoms with Crippen LogP contribution >= 0.6 is 0 Å². The van der Waals surface area contributed by atoms with E-state index in [0.29, 0.717) is 0 Å². The molecule has 0 atom stereocenters. The van der Waals surface area contributed by atoms with E-state index < -0.39 is 0 Å². The van der Waals surface area contributed by atoms with E-state index in [9.17, 15) is 0 Å². The van der Waals surface area contributed by atoms with Crippen molar-refractivity contribution in [3.8, 4) is 45.0 Å². The van der Waals surface area contributed by atoms with Crippen molar-refractivity contribution < 1.29 is 0 Å². The van der Waals surface area contributed by atoms with Gasteiger partial charge in [0, 0.05) is 16.7 Å². The van der Waals surface area contributed by atoms with Crippen molar-refractivity contribution in [2.45, 2.75) is 0 Å². The van der Waals surface area contributed by atoms with E-state index in [1.54, 1.807) is 0 Å². The molecule has 9 aromatic rings. The van der Waals surface area contributed by atoms with E-state index in [1.165, 1.54) is 37.9 Å². The fourth-order valence-electron chi connectivity index (χ4n) is 6.75. The molecule has 0 N–H and O–H groups in total. The molecule has 2 nitrogen and oxygen atoms in total. The highest BCUT2D eigenvalue weighted by Crippen LogP contribution is 2.40.